The van der Waals surface area contributed by atoms with E-state index in [-0.39, 0.29) is 5.91 Å². The highest BCUT2D eigenvalue weighted by atomic mass is 16.1. The summed E-state index contributed by atoms with van der Waals surface area (Å²) in [6.07, 6.45) is 7.00. The second-order valence-corrected chi connectivity index (χ2v) is 5.85. The van der Waals surface area contributed by atoms with Crippen LogP contribution in [-0.4, -0.2) is 25.4 Å². The number of rotatable bonds is 4. The summed E-state index contributed by atoms with van der Waals surface area (Å²) in [6, 6.07) is 11.7. The Balaban J connectivity index is 1.49. The van der Waals surface area contributed by atoms with Crippen LogP contribution in [0.1, 0.15) is 21.6 Å². The van der Waals surface area contributed by atoms with Crippen molar-refractivity contribution in [1.29, 1.82) is 0 Å². The van der Waals surface area contributed by atoms with Gasteiger partial charge in [-0.25, -0.2) is 9.97 Å². The van der Waals surface area contributed by atoms with Crippen LogP contribution in [0.3, 0.4) is 0 Å². The van der Waals surface area contributed by atoms with Gasteiger partial charge in [-0.05, 0) is 24.6 Å². The van der Waals surface area contributed by atoms with Crippen molar-refractivity contribution in [1.82, 2.24) is 24.8 Å². The maximum atomic E-state index is 12.6. The molecule has 0 fully saturated rings. The highest BCUT2D eigenvalue weighted by Crippen LogP contribution is 2.21. The third kappa shape index (κ3) is 2.89. The summed E-state index contributed by atoms with van der Waals surface area (Å²) in [7, 11) is 0. The molecule has 3 aromatic heterocycles. The van der Waals surface area contributed by atoms with Gasteiger partial charge in [0.1, 0.15) is 12.1 Å². The van der Waals surface area contributed by atoms with Gasteiger partial charge in [-0.3, -0.25) is 9.36 Å². The third-order valence-corrected chi connectivity index (χ3v) is 4.15. The van der Waals surface area contributed by atoms with Gasteiger partial charge in [-0.1, -0.05) is 24.3 Å². The van der Waals surface area contributed by atoms with Crippen molar-refractivity contribution in [2.24, 2.45) is 0 Å². The average Bonchev–Trinajstić information content (AvgIpc) is 3.27. The van der Waals surface area contributed by atoms with Crippen molar-refractivity contribution in [2.45, 2.75) is 13.5 Å². The Labute approximate surface area is 144 Å². The van der Waals surface area contributed by atoms with Gasteiger partial charge in [0.25, 0.3) is 5.91 Å². The summed E-state index contributed by atoms with van der Waals surface area (Å²) in [6.45, 7) is 2.34. The first-order chi connectivity index (χ1) is 12.2. The van der Waals surface area contributed by atoms with E-state index in [1.54, 1.807) is 18.7 Å². The van der Waals surface area contributed by atoms with Crippen LogP contribution in [0.25, 0.3) is 16.7 Å². The molecular weight excluding hydrogens is 314 g/mol. The number of hydrogen-bond donors (Lipinski definition) is 2. The first-order valence-corrected chi connectivity index (χ1v) is 8.01. The fourth-order valence-electron chi connectivity index (χ4n) is 2.91. The molecule has 0 aliphatic rings. The van der Waals surface area contributed by atoms with Gasteiger partial charge >= 0.3 is 0 Å². The van der Waals surface area contributed by atoms with E-state index < -0.39 is 0 Å². The largest absolute Gasteiger partial charge is 0.358 e. The van der Waals surface area contributed by atoms with E-state index in [1.807, 2.05) is 54.1 Å². The molecule has 124 valence electrons. The fourth-order valence-corrected chi connectivity index (χ4v) is 2.91. The Morgan fingerprint density at radius 3 is 2.88 bits per heavy atom. The van der Waals surface area contributed by atoms with Crippen LogP contribution in [0.15, 0.2) is 61.3 Å². The quantitative estimate of drug-likeness (QED) is 0.603. The number of carbonyl (C=O) groups excluding carboxylic acids is 1. The van der Waals surface area contributed by atoms with E-state index in [0.717, 1.165) is 28.0 Å². The lowest BCUT2D eigenvalue weighted by molar-refractivity contribution is 0.0952. The van der Waals surface area contributed by atoms with Crippen molar-refractivity contribution in [3.05, 3.63) is 78.1 Å². The zero-order valence-electron chi connectivity index (χ0n) is 13.7. The number of fused-ring (bicyclic) bond motifs is 1. The number of hydrogen-bond acceptors (Lipinski definition) is 3. The minimum Gasteiger partial charge on any atom is -0.358 e. The molecule has 0 aliphatic carbocycles. The number of carbonyl (C=O) groups is 1. The van der Waals surface area contributed by atoms with Crippen LogP contribution in [-0.2, 0) is 6.54 Å². The Hall–Kier alpha value is -3.41. The Morgan fingerprint density at radius 1 is 1.24 bits per heavy atom. The zero-order valence-corrected chi connectivity index (χ0v) is 13.7. The molecule has 0 spiro atoms. The van der Waals surface area contributed by atoms with Crippen molar-refractivity contribution in [3.63, 3.8) is 0 Å². The number of benzene rings is 1. The number of amides is 1. The third-order valence-electron chi connectivity index (χ3n) is 4.15. The van der Waals surface area contributed by atoms with Crippen LogP contribution in [0.2, 0.25) is 0 Å². The molecule has 0 aliphatic heterocycles. The topological polar surface area (TPSA) is 75.6 Å². The molecule has 0 bridgehead atoms. The summed E-state index contributed by atoms with van der Waals surface area (Å²) in [5.74, 6) is 0.702. The van der Waals surface area contributed by atoms with Gasteiger partial charge in [-0.15, -0.1) is 0 Å². The second-order valence-electron chi connectivity index (χ2n) is 5.85. The predicted molar refractivity (Wildman–Crippen MR) is 95.6 cm³/mol. The van der Waals surface area contributed by atoms with Crippen molar-refractivity contribution in [3.8, 4) is 5.82 Å². The van der Waals surface area contributed by atoms with Crippen molar-refractivity contribution >= 4 is 16.8 Å². The fraction of sp³-hybridized carbons (Fsp3) is 0.105. The monoisotopic (exact) mass is 331 g/mol. The molecule has 2 N–H and O–H groups in total. The van der Waals surface area contributed by atoms with Crippen LogP contribution < -0.4 is 5.32 Å². The van der Waals surface area contributed by atoms with Crippen molar-refractivity contribution < 1.29 is 4.79 Å². The SMILES string of the molecule is Cc1[nH]c2ccccc2c1C(=O)NCc1ccc(-n2ccnc2)nc1. The van der Waals surface area contributed by atoms with Gasteiger partial charge < -0.3 is 10.3 Å². The number of nitrogens with one attached hydrogen (secondary N) is 2. The molecule has 25 heavy (non-hydrogen) atoms. The van der Waals surface area contributed by atoms with E-state index in [2.05, 4.69) is 20.3 Å². The molecular formula is C19H17N5O. The molecule has 0 saturated carbocycles. The molecule has 4 aromatic rings. The lowest BCUT2D eigenvalue weighted by Gasteiger charge is -2.07. The molecule has 3 heterocycles. The molecule has 4 rings (SSSR count). The van der Waals surface area contributed by atoms with Crippen LogP contribution in [0.5, 0.6) is 0 Å². The summed E-state index contributed by atoms with van der Waals surface area (Å²) in [5.41, 5.74) is 3.47. The zero-order chi connectivity index (χ0) is 17.2. The van der Waals surface area contributed by atoms with E-state index in [0.29, 0.717) is 12.1 Å². The molecule has 0 saturated heterocycles. The number of pyridine rings is 1. The predicted octanol–water partition coefficient (Wildman–Crippen LogP) is 2.99. The lowest BCUT2D eigenvalue weighted by atomic mass is 10.1. The van der Waals surface area contributed by atoms with Crippen molar-refractivity contribution in [2.75, 3.05) is 0 Å². The highest BCUT2D eigenvalue weighted by molar-refractivity contribution is 6.08. The molecule has 1 amide bonds. The molecule has 6 nitrogen and oxygen atoms in total. The number of nitrogens with zero attached hydrogens (tertiary/aromatic N) is 3. The van der Waals surface area contributed by atoms with Gasteiger partial charge in [0, 0.05) is 41.7 Å². The van der Waals surface area contributed by atoms with E-state index in [1.165, 1.54) is 0 Å². The standard InChI is InChI=1S/C19H17N5O/c1-13-18(15-4-2-3-5-16(15)23-13)19(25)22-11-14-6-7-17(21-10-14)24-9-8-20-12-24/h2-10,12,23H,11H2,1H3,(H,22,25). The van der Waals surface area contributed by atoms with Gasteiger partial charge in [0.2, 0.25) is 0 Å². The Bertz CT molecular complexity index is 1020. The van der Waals surface area contributed by atoms with Crippen LogP contribution in [0.4, 0.5) is 0 Å². The number of para-hydroxylation sites is 1. The van der Waals surface area contributed by atoms with Gasteiger partial charge in [-0.2, -0.15) is 0 Å². The molecule has 0 radical (unpaired) electrons. The smallest absolute Gasteiger partial charge is 0.253 e. The Kier molecular flexibility index (Phi) is 3.78. The molecule has 6 heteroatoms. The van der Waals surface area contributed by atoms with E-state index in [4.69, 9.17) is 0 Å². The van der Waals surface area contributed by atoms with E-state index in [9.17, 15) is 4.79 Å². The summed E-state index contributed by atoms with van der Waals surface area (Å²) >= 11 is 0. The number of aromatic amines is 1. The molecule has 0 unspecified atom stereocenters. The number of imidazole rings is 1. The average molecular weight is 331 g/mol. The minimum absolute atomic E-state index is 0.0892. The molecule has 1 aromatic carbocycles. The number of H-pyrrole nitrogens is 1. The minimum atomic E-state index is -0.0892. The first kappa shape index (κ1) is 15.1. The second kappa shape index (κ2) is 6.24. The van der Waals surface area contributed by atoms with Gasteiger partial charge in [0.15, 0.2) is 0 Å². The maximum Gasteiger partial charge on any atom is 0.253 e. The first-order valence-electron chi connectivity index (χ1n) is 8.01. The summed E-state index contributed by atoms with van der Waals surface area (Å²) in [4.78, 5) is 24.3. The van der Waals surface area contributed by atoms with Crippen LogP contribution in [0, 0.1) is 6.92 Å². The summed E-state index contributed by atoms with van der Waals surface area (Å²) in [5, 5.41) is 3.91. The van der Waals surface area contributed by atoms with Crippen LogP contribution >= 0.6 is 0 Å². The Morgan fingerprint density at radius 2 is 2.12 bits per heavy atom. The maximum absolute atomic E-state index is 12.6. The number of aromatic nitrogens is 4. The number of aryl methyl sites for hydroxylation is 1. The normalized spacial score (nSPS) is 10.9. The van der Waals surface area contributed by atoms with Gasteiger partial charge in [0.05, 0.1) is 5.56 Å². The molecule has 0 atom stereocenters. The summed E-state index contributed by atoms with van der Waals surface area (Å²) < 4.78 is 1.83. The van der Waals surface area contributed by atoms with E-state index >= 15 is 0 Å². The highest BCUT2D eigenvalue weighted by Gasteiger charge is 2.15. The lowest BCUT2D eigenvalue weighted by Crippen LogP contribution is -2.23.